The third kappa shape index (κ3) is 2.57. The maximum atomic E-state index is 11.8. The van der Waals surface area contributed by atoms with Crippen molar-refractivity contribution in [2.45, 2.75) is 39.7 Å². The summed E-state index contributed by atoms with van der Waals surface area (Å²) in [5, 5.41) is 14.6. The third-order valence-electron chi connectivity index (χ3n) is 2.51. The van der Waals surface area contributed by atoms with E-state index in [4.69, 9.17) is 9.57 Å². The van der Waals surface area contributed by atoms with Crippen molar-refractivity contribution in [3.63, 3.8) is 0 Å². The number of carbonyl (C=O) groups is 2. The van der Waals surface area contributed by atoms with Gasteiger partial charge in [-0.1, -0.05) is 12.1 Å². The predicted octanol–water partition coefficient (Wildman–Crippen LogP) is -0.139. The lowest BCUT2D eigenvalue weighted by atomic mass is 9.81. The summed E-state index contributed by atoms with van der Waals surface area (Å²) in [5.74, 6) is -2.15. The van der Waals surface area contributed by atoms with Gasteiger partial charge in [0, 0.05) is 0 Å². The lowest BCUT2D eigenvalue weighted by Crippen LogP contribution is -2.51. The Balaban J connectivity index is 2.97. The van der Waals surface area contributed by atoms with E-state index in [0.717, 1.165) is 0 Å². The van der Waals surface area contributed by atoms with E-state index in [-0.39, 0.29) is 18.7 Å². The van der Waals surface area contributed by atoms with Crippen LogP contribution in [-0.4, -0.2) is 29.9 Å². The highest BCUT2D eigenvalue weighted by Crippen LogP contribution is 2.30. The van der Waals surface area contributed by atoms with Crippen molar-refractivity contribution in [2.75, 3.05) is 6.61 Å². The first kappa shape index (κ1) is 13.5. The van der Waals surface area contributed by atoms with Crippen LogP contribution in [0.4, 0.5) is 0 Å². The van der Waals surface area contributed by atoms with E-state index in [9.17, 15) is 14.7 Å². The zero-order valence-electron chi connectivity index (χ0n) is 10.4. The molecule has 96 valence electrons. The highest BCUT2D eigenvalue weighted by Gasteiger charge is 2.47. The van der Waals surface area contributed by atoms with Gasteiger partial charge in [-0.05, 0) is 27.2 Å². The van der Waals surface area contributed by atoms with E-state index in [1.54, 1.807) is 27.7 Å². The first-order valence-electron chi connectivity index (χ1n) is 5.38. The predicted molar refractivity (Wildman–Crippen MR) is 57.0 cm³/mol. The molecule has 6 heteroatoms. The molecule has 1 aliphatic rings. The number of esters is 1. The first-order valence-corrected chi connectivity index (χ1v) is 5.38. The molecule has 0 saturated carbocycles. The number of carboxylic acids is 1. The summed E-state index contributed by atoms with van der Waals surface area (Å²) in [6, 6.07) is 0. The first-order chi connectivity index (χ1) is 7.73. The molecule has 0 fully saturated rings. The summed E-state index contributed by atoms with van der Waals surface area (Å²) in [5.41, 5.74) is -2.44. The molecular weight excluding hydrogens is 226 g/mol. The number of nitrogens with zero attached hydrogens (tertiary/aromatic N) is 1. The van der Waals surface area contributed by atoms with Gasteiger partial charge in [-0.15, -0.1) is 0 Å². The zero-order chi connectivity index (χ0) is 13.3. The monoisotopic (exact) mass is 242 g/mol. The number of hydrogen-bond acceptors (Lipinski definition) is 6. The van der Waals surface area contributed by atoms with Crippen LogP contribution in [0.5, 0.6) is 0 Å². The fraction of sp³-hybridized carbons (Fsp3) is 0.727. The van der Waals surface area contributed by atoms with E-state index in [0.29, 0.717) is 0 Å². The van der Waals surface area contributed by atoms with Gasteiger partial charge in [0.15, 0.2) is 5.71 Å². The van der Waals surface area contributed by atoms with Crippen molar-refractivity contribution < 1.29 is 24.3 Å². The lowest BCUT2D eigenvalue weighted by molar-refractivity contribution is -0.316. The maximum absolute atomic E-state index is 11.8. The number of carboxylic acid groups (broad SMARTS) is 1. The third-order valence-corrected chi connectivity index (χ3v) is 2.51. The average molecular weight is 242 g/mol. The minimum Gasteiger partial charge on any atom is -0.549 e. The molecule has 1 atom stereocenters. The lowest BCUT2D eigenvalue weighted by Gasteiger charge is -2.28. The molecule has 1 unspecified atom stereocenters. The Bertz CT molecular complexity index is 369. The largest absolute Gasteiger partial charge is 0.549 e. The van der Waals surface area contributed by atoms with Crippen molar-refractivity contribution in [2.24, 2.45) is 10.6 Å². The summed E-state index contributed by atoms with van der Waals surface area (Å²) in [7, 11) is 0. The molecule has 6 nitrogen and oxygen atoms in total. The van der Waals surface area contributed by atoms with Gasteiger partial charge in [-0.2, -0.15) is 0 Å². The smallest absolute Gasteiger partial charge is 0.357 e. The average Bonchev–Trinajstić information content (AvgIpc) is 2.59. The van der Waals surface area contributed by atoms with Gasteiger partial charge < -0.3 is 19.5 Å². The van der Waals surface area contributed by atoms with Crippen LogP contribution in [-0.2, 0) is 19.2 Å². The summed E-state index contributed by atoms with van der Waals surface area (Å²) >= 11 is 0. The fourth-order valence-electron chi connectivity index (χ4n) is 1.49. The molecule has 0 N–H and O–H groups in total. The molecule has 0 aliphatic carbocycles. The van der Waals surface area contributed by atoms with E-state index in [1.165, 1.54) is 0 Å². The molecule has 0 amide bonds. The van der Waals surface area contributed by atoms with Gasteiger partial charge >= 0.3 is 5.97 Å². The van der Waals surface area contributed by atoms with Crippen LogP contribution in [0.3, 0.4) is 0 Å². The van der Waals surface area contributed by atoms with E-state index in [2.05, 4.69) is 5.16 Å². The topological polar surface area (TPSA) is 88.0 Å². The zero-order valence-corrected chi connectivity index (χ0v) is 10.4. The van der Waals surface area contributed by atoms with Gasteiger partial charge in [0.1, 0.15) is 12.2 Å². The molecule has 0 aromatic rings. The van der Waals surface area contributed by atoms with Crippen LogP contribution in [0.1, 0.15) is 34.1 Å². The van der Waals surface area contributed by atoms with Gasteiger partial charge in [-0.3, -0.25) is 0 Å². The summed E-state index contributed by atoms with van der Waals surface area (Å²) in [4.78, 5) is 27.7. The second-order valence-electron chi connectivity index (χ2n) is 4.94. The number of carbonyl (C=O) groups excluding carboxylic acids is 2. The number of aliphatic carboxylic acids is 1. The minimum atomic E-state index is -1.50. The molecular formula is C11H16NO5-. The van der Waals surface area contributed by atoms with Crippen molar-refractivity contribution in [3.05, 3.63) is 0 Å². The Hall–Kier alpha value is -1.59. The van der Waals surface area contributed by atoms with Gasteiger partial charge in [-0.25, -0.2) is 4.79 Å². The molecule has 1 rings (SSSR count). The molecule has 0 aromatic carbocycles. The Morgan fingerprint density at radius 1 is 1.53 bits per heavy atom. The summed E-state index contributed by atoms with van der Waals surface area (Å²) in [6.07, 6.45) is 0.160. The highest BCUT2D eigenvalue weighted by molar-refractivity contribution is 6.42. The Morgan fingerprint density at radius 2 is 2.12 bits per heavy atom. The van der Waals surface area contributed by atoms with Crippen molar-refractivity contribution in [1.82, 2.24) is 0 Å². The van der Waals surface area contributed by atoms with Crippen molar-refractivity contribution in [3.8, 4) is 0 Å². The molecule has 0 bridgehead atoms. The molecule has 0 spiro atoms. The number of ether oxygens (including phenoxy) is 1. The van der Waals surface area contributed by atoms with Crippen LogP contribution >= 0.6 is 0 Å². The van der Waals surface area contributed by atoms with Gasteiger partial charge in [0.05, 0.1) is 11.4 Å². The maximum Gasteiger partial charge on any atom is 0.357 e. The molecule has 0 aromatic heterocycles. The normalized spacial score (nSPS) is 23.9. The Kier molecular flexibility index (Phi) is 3.45. The Labute approximate surface area is 99.6 Å². The number of oxime groups is 1. The summed E-state index contributed by atoms with van der Waals surface area (Å²) in [6.45, 7) is 6.50. The Morgan fingerprint density at radius 3 is 2.53 bits per heavy atom. The van der Waals surface area contributed by atoms with Crippen LogP contribution in [0.2, 0.25) is 0 Å². The molecule has 1 aliphatic heterocycles. The summed E-state index contributed by atoms with van der Waals surface area (Å²) < 4.78 is 5.09. The number of rotatable bonds is 3. The van der Waals surface area contributed by atoms with Crippen molar-refractivity contribution >= 4 is 17.7 Å². The SMILES string of the molecule is CCC1(C(=O)[O-])CON=C1C(=O)OC(C)(C)C. The standard InChI is InChI=1S/C11H17NO5/c1-5-11(9(14)15)6-16-12-7(11)8(13)17-10(2,3)4/h5-6H2,1-4H3,(H,14,15)/p-1. The second kappa shape index (κ2) is 4.35. The van der Waals surface area contributed by atoms with E-state index >= 15 is 0 Å². The van der Waals surface area contributed by atoms with Crippen molar-refractivity contribution in [1.29, 1.82) is 0 Å². The van der Waals surface area contributed by atoms with E-state index < -0.39 is 23.0 Å². The molecule has 1 heterocycles. The second-order valence-corrected chi connectivity index (χ2v) is 4.94. The van der Waals surface area contributed by atoms with Crippen LogP contribution in [0.25, 0.3) is 0 Å². The van der Waals surface area contributed by atoms with E-state index in [1.807, 2.05) is 0 Å². The molecule has 0 saturated heterocycles. The van der Waals surface area contributed by atoms with Gasteiger partial charge in [0.25, 0.3) is 0 Å². The molecule has 17 heavy (non-hydrogen) atoms. The van der Waals surface area contributed by atoms with Crippen LogP contribution < -0.4 is 5.11 Å². The quantitative estimate of drug-likeness (QED) is 0.643. The number of hydrogen-bond donors (Lipinski definition) is 0. The fourth-order valence-corrected chi connectivity index (χ4v) is 1.49. The highest BCUT2D eigenvalue weighted by atomic mass is 16.6. The van der Waals surface area contributed by atoms with Crippen LogP contribution in [0, 0.1) is 5.41 Å². The van der Waals surface area contributed by atoms with Gasteiger partial charge in [0.2, 0.25) is 0 Å². The minimum absolute atomic E-state index is 0.160. The van der Waals surface area contributed by atoms with Crippen LogP contribution in [0.15, 0.2) is 5.16 Å². The molecule has 0 radical (unpaired) electrons.